The molecule has 0 fully saturated rings. The summed E-state index contributed by atoms with van der Waals surface area (Å²) < 4.78 is 6.98. The largest absolute Gasteiger partial charge is 0.496 e. The molecule has 96 valence electrons. The minimum absolute atomic E-state index is 0.0909. The second kappa shape index (κ2) is 6.07. The lowest BCUT2D eigenvalue weighted by Crippen LogP contribution is -2.05. The molecule has 0 radical (unpaired) electrons. The maximum absolute atomic E-state index is 8.81. The molecule has 0 amide bonds. The summed E-state index contributed by atoms with van der Waals surface area (Å²) in [7, 11) is 1.66. The molecule has 2 rings (SSSR count). The van der Waals surface area contributed by atoms with Crippen molar-refractivity contribution >= 4 is 5.82 Å². The van der Waals surface area contributed by atoms with E-state index in [1.807, 2.05) is 36.5 Å². The number of benzene rings is 1. The Balaban J connectivity index is 1.97. The molecule has 5 heteroatoms. The number of rotatable bonds is 6. The van der Waals surface area contributed by atoms with Gasteiger partial charge in [-0.3, -0.25) is 4.68 Å². The number of nitrogens with zero attached hydrogens (tertiary/aromatic N) is 2. The lowest BCUT2D eigenvalue weighted by atomic mass is 10.2. The van der Waals surface area contributed by atoms with Gasteiger partial charge in [-0.05, 0) is 6.07 Å². The fourth-order valence-corrected chi connectivity index (χ4v) is 1.72. The highest BCUT2D eigenvalue weighted by atomic mass is 16.5. The van der Waals surface area contributed by atoms with Crippen LogP contribution in [0.1, 0.15) is 5.56 Å². The zero-order valence-corrected chi connectivity index (χ0v) is 10.3. The molecule has 1 aromatic heterocycles. The molecule has 18 heavy (non-hydrogen) atoms. The fraction of sp³-hybridized carbons (Fsp3) is 0.308. The van der Waals surface area contributed by atoms with Crippen LogP contribution in [-0.4, -0.2) is 28.6 Å². The second-order valence-electron chi connectivity index (χ2n) is 3.85. The van der Waals surface area contributed by atoms with Gasteiger partial charge in [0.1, 0.15) is 11.6 Å². The number of para-hydroxylation sites is 1. The van der Waals surface area contributed by atoms with Gasteiger partial charge in [-0.2, -0.15) is 5.10 Å². The van der Waals surface area contributed by atoms with Crippen molar-refractivity contribution in [3.05, 3.63) is 42.1 Å². The Morgan fingerprint density at radius 1 is 1.33 bits per heavy atom. The van der Waals surface area contributed by atoms with Crippen LogP contribution in [-0.2, 0) is 13.1 Å². The second-order valence-corrected chi connectivity index (χ2v) is 3.85. The van der Waals surface area contributed by atoms with E-state index in [0.717, 1.165) is 17.1 Å². The zero-order valence-electron chi connectivity index (χ0n) is 10.3. The first-order valence-electron chi connectivity index (χ1n) is 5.83. The summed E-state index contributed by atoms with van der Waals surface area (Å²) >= 11 is 0. The summed E-state index contributed by atoms with van der Waals surface area (Å²) in [5.74, 6) is 1.65. The smallest absolute Gasteiger partial charge is 0.148 e. The average Bonchev–Trinajstić information content (AvgIpc) is 2.85. The molecule has 0 saturated carbocycles. The van der Waals surface area contributed by atoms with Gasteiger partial charge in [0, 0.05) is 24.4 Å². The van der Waals surface area contributed by atoms with Gasteiger partial charge in [0.05, 0.1) is 20.3 Å². The molecule has 0 aliphatic rings. The van der Waals surface area contributed by atoms with Crippen molar-refractivity contribution in [1.82, 2.24) is 9.78 Å². The molecule has 0 spiro atoms. The van der Waals surface area contributed by atoms with Crippen LogP contribution < -0.4 is 10.1 Å². The van der Waals surface area contributed by atoms with Gasteiger partial charge >= 0.3 is 0 Å². The molecule has 0 bridgehead atoms. The summed E-state index contributed by atoms with van der Waals surface area (Å²) in [6, 6.07) is 9.74. The van der Waals surface area contributed by atoms with Crippen LogP contribution in [0.4, 0.5) is 5.82 Å². The summed E-state index contributed by atoms with van der Waals surface area (Å²) in [5, 5.41) is 16.3. The molecular weight excluding hydrogens is 230 g/mol. The van der Waals surface area contributed by atoms with Crippen LogP contribution >= 0.6 is 0 Å². The first-order chi connectivity index (χ1) is 8.83. The van der Waals surface area contributed by atoms with E-state index < -0.39 is 0 Å². The first kappa shape index (κ1) is 12.4. The number of anilines is 1. The molecule has 0 atom stereocenters. The van der Waals surface area contributed by atoms with Crippen molar-refractivity contribution in [2.75, 3.05) is 19.0 Å². The van der Waals surface area contributed by atoms with Crippen LogP contribution in [0.5, 0.6) is 5.75 Å². The van der Waals surface area contributed by atoms with Gasteiger partial charge in [-0.1, -0.05) is 18.2 Å². The molecule has 1 aromatic carbocycles. The number of aromatic nitrogens is 2. The Kier molecular flexibility index (Phi) is 4.20. The summed E-state index contributed by atoms with van der Waals surface area (Å²) in [5.41, 5.74) is 1.08. The normalized spacial score (nSPS) is 10.3. The van der Waals surface area contributed by atoms with E-state index in [1.54, 1.807) is 11.8 Å². The van der Waals surface area contributed by atoms with E-state index in [-0.39, 0.29) is 6.61 Å². The van der Waals surface area contributed by atoms with Crippen LogP contribution in [0.25, 0.3) is 0 Å². The van der Waals surface area contributed by atoms with Gasteiger partial charge in [-0.15, -0.1) is 0 Å². The lowest BCUT2D eigenvalue weighted by Gasteiger charge is -2.08. The SMILES string of the molecule is COc1ccccc1CNc1ccn(CCO)n1. The summed E-state index contributed by atoms with van der Waals surface area (Å²) in [6.45, 7) is 1.25. The summed E-state index contributed by atoms with van der Waals surface area (Å²) in [6.07, 6.45) is 1.83. The maximum atomic E-state index is 8.81. The highest BCUT2D eigenvalue weighted by Crippen LogP contribution is 2.18. The van der Waals surface area contributed by atoms with Crippen molar-refractivity contribution in [3.63, 3.8) is 0 Å². The van der Waals surface area contributed by atoms with E-state index in [2.05, 4.69) is 10.4 Å². The third-order valence-corrected chi connectivity index (χ3v) is 2.62. The number of ether oxygens (including phenoxy) is 1. The van der Waals surface area contributed by atoms with Crippen molar-refractivity contribution in [3.8, 4) is 5.75 Å². The van der Waals surface area contributed by atoms with Crippen molar-refractivity contribution in [2.45, 2.75) is 13.1 Å². The number of aliphatic hydroxyl groups is 1. The highest BCUT2D eigenvalue weighted by molar-refractivity contribution is 5.39. The van der Waals surface area contributed by atoms with Crippen molar-refractivity contribution in [1.29, 1.82) is 0 Å². The Bertz CT molecular complexity index is 496. The number of hydrogen-bond donors (Lipinski definition) is 2. The number of aliphatic hydroxyl groups excluding tert-OH is 1. The average molecular weight is 247 g/mol. The van der Waals surface area contributed by atoms with Gasteiger partial charge in [0.25, 0.3) is 0 Å². The maximum Gasteiger partial charge on any atom is 0.148 e. The van der Waals surface area contributed by atoms with E-state index in [9.17, 15) is 0 Å². The third kappa shape index (κ3) is 3.01. The highest BCUT2D eigenvalue weighted by Gasteiger charge is 2.02. The predicted octanol–water partition coefficient (Wildman–Crippen LogP) is 1.50. The van der Waals surface area contributed by atoms with Crippen LogP contribution in [0.15, 0.2) is 36.5 Å². The lowest BCUT2D eigenvalue weighted by molar-refractivity contribution is 0.269. The topological polar surface area (TPSA) is 59.3 Å². The molecule has 5 nitrogen and oxygen atoms in total. The number of nitrogens with one attached hydrogen (secondary N) is 1. The molecule has 2 aromatic rings. The van der Waals surface area contributed by atoms with Crippen molar-refractivity contribution in [2.24, 2.45) is 0 Å². The Hall–Kier alpha value is -2.01. The van der Waals surface area contributed by atoms with Crippen LogP contribution in [0, 0.1) is 0 Å². The molecular formula is C13H17N3O2. The van der Waals surface area contributed by atoms with Crippen LogP contribution in [0.3, 0.4) is 0 Å². The molecule has 1 heterocycles. The third-order valence-electron chi connectivity index (χ3n) is 2.62. The monoisotopic (exact) mass is 247 g/mol. The Morgan fingerprint density at radius 3 is 2.94 bits per heavy atom. The van der Waals surface area contributed by atoms with Gasteiger partial charge in [-0.25, -0.2) is 0 Å². The molecule has 0 aliphatic carbocycles. The van der Waals surface area contributed by atoms with Gasteiger partial charge < -0.3 is 15.2 Å². The van der Waals surface area contributed by atoms with E-state index in [4.69, 9.17) is 9.84 Å². The Morgan fingerprint density at radius 2 is 2.17 bits per heavy atom. The zero-order chi connectivity index (χ0) is 12.8. The minimum Gasteiger partial charge on any atom is -0.496 e. The molecule has 2 N–H and O–H groups in total. The number of hydrogen-bond acceptors (Lipinski definition) is 4. The Labute approximate surface area is 106 Å². The quantitative estimate of drug-likeness (QED) is 0.812. The van der Waals surface area contributed by atoms with Gasteiger partial charge in [0.15, 0.2) is 0 Å². The summed E-state index contributed by atoms with van der Waals surface area (Å²) in [4.78, 5) is 0. The molecule has 0 aliphatic heterocycles. The standard InChI is InChI=1S/C13H17N3O2/c1-18-12-5-3-2-4-11(12)10-14-13-6-7-16(15-13)8-9-17/h2-7,17H,8-10H2,1H3,(H,14,15). The predicted molar refractivity (Wildman–Crippen MR) is 69.6 cm³/mol. The fourth-order valence-electron chi connectivity index (χ4n) is 1.72. The molecule has 0 unspecified atom stereocenters. The molecule has 0 saturated heterocycles. The van der Waals surface area contributed by atoms with E-state index in [0.29, 0.717) is 13.1 Å². The minimum atomic E-state index is 0.0909. The van der Waals surface area contributed by atoms with E-state index in [1.165, 1.54) is 0 Å². The first-order valence-corrected chi connectivity index (χ1v) is 5.83. The van der Waals surface area contributed by atoms with Crippen molar-refractivity contribution < 1.29 is 9.84 Å². The van der Waals surface area contributed by atoms with Gasteiger partial charge in [0.2, 0.25) is 0 Å². The van der Waals surface area contributed by atoms with E-state index >= 15 is 0 Å². The number of methoxy groups -OCH3 is 1. The van der Waals surface area contributed by atoms with Crippen LogP contribution in [0.2, 0.25) is 0 Å².